The van der Waals surface area contributed by atoms with Gasteiger partial charge in [-0.2, -0.15) is 4.31 Å². The summed E-state index contributed by atoms with van der Waals surface area (Å²) in [6, 6.07) is 6.10. The molecule has 0 amide bonds. The van der Waals surface area contributed by atoms with Gasteiger partial charge in [-0.1, -0.05) is 23.2 Å². The molecular formula is C17H19Cl2NO5S2. The molecule has 1 fully saturated rings. The zero-order chi connectivity index (χ0) is 19.8. The molecule has 1 aliphatic heterocycles. The zero-order valence-electron chi connectivity index (χ0n) is 14.6. The van der Waals surface area contributed by atoms with Crippen molar-refractivity contribution in [3.63, 3.8) is 0 Å². The van der Waals surface area contributed by atoms with Gasteiger partial charge >= 0.3 is 0 Å². The smallest absolute Gasteiger partial charge is 0.244 e. The summed E-state index contributed by atoms with van der Waals surface area (Å²) in [5.74, 6) is 0.202. The van der Waals surface area contributed by atoms with Crippen LogP contribution in [0.4, 0.5) is 0 Å². The van der Waals surface area contributed by atoms with Gasteiger partial charge in [0.25, 0.3) is 0 Å². The highest BCUT2D eigenvalue weighted by Gasteiger charge is 2.36. The molecule has 2 aromatic rings. The van der Waals surface area contributed by atoms with Gasteiger partial charge in [0.2, 0.25) is 10.0 Å². The molecule has 1 saturated heterocycles. The van der Waals surface area contributed by atoms with Crippen molar-refractivity contribution in [1.29, 1.82) is 0 Å². The lowest BCUT2D eigenvalue weighted by atomic mass is 10.2. The Morgan fingerprint density at radius 2 is 1.78 bits per heavy atom. The minimum absolute atomic E-state index is 0.0111. The van der Waals surface area contributed by atoms with E-state index in [1.165, 1.54) is 22.7 Å². The lowest BCUT2D eigenvalue weighted by Gasteiger charge is -2.31. The normalized spacial score (nSPS) is 17.3. The summed E-state index contributed by atoms with van der Waals surface area (Å²) in [6.45, 7) is 1.93. The number of halogens is 2. The van der Waals surface area contributed by atoms with Crippen molar-refractivity contribution in [2.24, 2.45) is 0 Å². The number of furan rings is 1. The minimum Gasteiger partial charge on any atom is -0.468 e. The first-order valence-corrected chi connectivity index (χ1v) is 12.2. The van der Waals surface area contributed by atoms with Crippen LogP contribution in [0, 0.1) is 6.92 Å². The van der Waals surface area contributed by atoms with E-state index in [1.807, 2.05) is 0 Å². The molecule has 1 aromatic heterocycles. The van der Waals surface area contributed by atoms with Crippen LogP contribution in [-0.4, -0.2) is 39.5 Å². The average Bonchev–Trinajstić information content (AvgIpc) is 3.10. The van der Waals surface area contributed by atoms with Crippen molar-refractivity contribution in [2.75, 3.05) is 13.1 Å². The van der Waals surface area contributed by atoms with E-state index in [2.05, 4.69) is 0 Å². The van der Waals surface area contributed by atoms with Gasteiger partial charge in [0, 0.05) is 18.1 Å². The standard InChI is InChI=1S/C17H19Cl2NO5S2/c1-12-9-17(16(19)10-15(12)18)27(23,24)20-6-4-14(5-7-20)26(21,22)11-13-3-2-8-25-13/h2-3,8-10,14H,4-7,11H2,1H3. The summed E-state index contributed by atoms with van der Waals surface area (Å²) < 4.78 is 57.3. The number of sulfone groups is 1. The number of benzene rings is 1. The number of piperidine rings is 1. The predicted molar refractivity (Wildman–Crippen MR) is 104 cm³/mol. The summed E-state index contributed by atoms with van der Waals surface area (Å²) in [4.78, 5) is -0.0111. The molecule has 6 nitrogen and oxygen atoms in total. The molecule has 0 aliphatic carbocycles. The maximum atomic E-state index is 12.9. The number of hydrogen-bond donors (Lipinski definition) is 0. The Bertz CT molecular complexity index is 1030. The second-order valence-corrected chi connectivity index (χ2v) is 11.5. The van der Waals surface area contributed by atoms with Gasteiger partial charge in [0.15, 0.2) is 9.84 Å². The molecule has 0 spiro atoms. The van der Waals surface area contributed by atoms with Crippen LogP contribution in [0.1, 0.15) is 24.2 Å². The van der Waals surface area contributed by atoms with Crippen LogP contribution in [-0.2, 0) is 25.6 Å². The van der Waals surface area contributed by atoms with Crippen molar-refractivity contribution >= 4 is 43.1 Å². The predicted octanol–water partition coefficient (Wildman–Crippen LogP) is 3.66. The van der Waals surface area contributed by atoms with Crippen LogP contribution in [0.15, 0.2) is 39.8 Å². The minimum atomic E-state index is -3.82. The average molecular weight is 452 g/mol. The van der Waals surface area contributed by atoms with Gasteiger partial charge in [0.05, 0.1) is 16.5 Å². The molecule has 0 saturated carbocycles. The molecule has 0 N–H and O–H groups in total. The Kier molecular flexibility index (Phi) is 5.93. The fraction of sp³-hybridized carbons (Fsp3) is 0.412. The van der Waals surface area contributed by atoms with Gasteiger partial charge in [-0.3, -0.25) is 0 Å². The molecule has 0 bridgehead atoms. The maximum Gasteiger partial charge on any atom is 0.244 e. The van der Waals surface area contributed by atoms with Crippen molar-refractivity contribution in [1.82, 2.24) is 4.31 Å². The largest absolute Gasteiger partial charge is 0.468 e. The van der Waals surface area contributed by atoms with Crippen LogP contribution in [0.2, 0.25) is 10.0 Å². The third-order valence-electron chi connectivity index (χ3n) is 4.66. The van der Waals surface area contributed by atoms with Gasteiger partial charge in [0.1, 0.15) is 16.4 Å². The number of rotatable bonds is 5. The summed E-state index contributed by atoms with van der Waals surface area (Å²) >= 11 is 12.1. The second kappa shape index (κ2) is 7.75. The number of aryl methyl sites for hydroxylation is 1. The Morgan fingerprint density at radius 1 is 1.11 bits per heavy atom. The molecule has 2 heterocycles. The maximum absolute atomic E-state index is 12.9. The quantitative estimate of drug-likeness (QED) is 0.691. The van der Waals surface area contributed by atoms with Crippen LogP contribution in [0.5, 0.6) is 0 Å². The summed E-state index contributed by atoms with van der Waals surface area (Å²) in [6.07, 6.45) is 1.89. The van der Waals surface area contributed by atoms with Gasteiger partial charge < -0.3 is 4.42 Å². The van der Waals surface area contributed by atoms with E-state index >= 15 is 0 Å². The van der Waals surface area contributed by atoms with Gasteiger partial charge in [-0.05, 0) is 49.6 Å². The van der Waals surface area contributed by atoms with E-state index in [0.29, 0.717) is 16.3 Å². The first-order valence-electron chi connectivity index (χ1n) is 8.31. The molecule has 1 aliphatic rings. The van der Waals surface area contributed by atoms with E-state index < -0.39 is 25.1 Å². The molecule has 0 radical (unpaired) electrons. The molecule has 0 unspecified atom stereocenters. The van der Waals surface area contributed by atoms with Crippen molar-refractivity contribution in [3.8, 4) is 0 Å². The van der Waals surface area contributed by atoms with Crippen molar-refractivity contribution in [2.45, 2.75) is 35.7 Å². The van der Waals surface area contributed by atoms with Crippen molar-refractivity contribution in [3.05, 3.63) is 51.9 Å². The first-order chi connectivity index (χ1) is 12.6. The Morgan fingerprint density at radius 3 is 2.37 bits per heavy atom. The Hall–Kier alpha value is -1.06. The molecule has 10 heteroatoms. The molecule has 3 rings (SSSR count). The summed E-state index contributed by atoms with van der Waals surface area (Å²) in [5, 5.41) is -0.156. The highest BCUT2D eigenvalue weighted by atomic mass is 35.5. The zero-order valence-corrected chi connectivity index (χ0v) is 17.7. The number of nitrogens with zero attached hydrogens (tertiary/aromatic N) is 1. The third-order valence-corrected chi connectivity index (χ3v) is 9.61. The molecule has 1 aromatic carbocycles. The number of hydrogen-bond acceptors (Lipinski definition) is 5. The van der Waals surface area contributed by atoms with Crippen LogP contribution in [0.3, 0.4) is 0 Å². The van der Waals surface area contributed by atoms with Crippen molar-refractivity contribution < 1.29 is 21.3 Å². The Balaban J connectivity index is 1.74. The molecule has 27 heavy (non-hydrogen) atoms. The number of sulfonamides is 1. The van der Waals surface area contributed by atoms with Gasteiger partial charge in [-0.15, -0.1) is 0 Å². The topological polar surface area (TPSA) is 84.7 Å². The highest BCUT2D eigenvalue weighted by molar-refractivity contribution is 7.91. The third kappa shape index (κ3) is 4.35. The highest BCUT2D eigenvalue weighted by Crippen LogP contribution is 2.32. The molecular weight excluding hydrogens is 433 g/mol. The fourth-order valence-corrected chi connectivity index (χ4v) is 7.11. The van der Waals surface area contributed by atoms with Crippen LogP contribution < -0.4 is 0 Å². The van der Waals surface area contributed by atoms with E-state index in [-0.39, 0.29) is 41.6 Å². The van der Waals surface area contributed by atoms with E-state index in [0.717, 1.165) is 0 Å². The second-order valence-electron chi connectivity index (χ2n) is 6.52. The first kappa shape index (κ1) is 20.7. The summed E-state index contributed by atoms with van der Waals surface area (Å²) in [7, 11) is -7.24. The SMILES string of the molecule is Cc1cc(S(=O)(=O)N2CCC(S(=O)(=O)Cc3ccco3)CC2)c(Cl)cc1Cl. The van der Waals surface area contributed by atoms with Crippen LogP contribution >= 0.6 is 23.2 Å². The monoisotopic (exact) mass is 451 g/mol. The Labute approximate surface area is 169 Å². The molecule has 148 valence electrons. The summed E-state index contributed by atoms with van der Waals surface area (Å²) in [5.41, 5.74) is 0.607. The van der Waals surface area contributed by atoms with E-state index in [9.17, 15) is 16.8 Å². The van der Waals surface area contributed by atoms with E-state index in [1.54, 1.807) is 19.1 Å². The van der Waals surface area contributed by atoms with Gasteiger partial charge in [-0.25, -0.2) is 16.8 Å². The van der Waals surface area contributed by atoms with Crippen LogP contribution in [0.25, 0.3) is 0 Å². The lowest BCUT2D eigenvalue weighted by molar-refractivity contribution is 0.345. The fourth-order valence-electron chi connectivity index (χ4n) is 3.11. The van der Waals surface area contributed by atoms with E-state index in [4.69, 9.17) is 27.6 Å². The lowest BCUT2D eigenvalue weighted by Crippen LogP contribution is -2.42. The molecule has 0 atom stereocenters.